The number of imidazole rings is 1. The number of carbonyl (C=O) groups excluding carboxylic acids is 1. The van der Waals surface area contributed by atoms with Gasteiger partial charge < -0.3 is 15.2 Å². The van der Waals surface area contributed by atoms with Crippen LogP contribution in [0.4, 0.5) is 10.2 Å². The van der Waals surface area contributed by atoms with Gasteiger partial charge in [0.1, 0.15) is 17.0 Å². The smallest absolute Gasteiger partial charge is 0.246 e. The number of benzene rings is 1. The molecule has 36 heavy (non-hydrogen) atoms. The van der Waals surface area contributed by atoms with E-state index in [1.807, 2.05) is 0 Å². The number of rotatable bonds is 3. The monoisotopic (exact) mass is 502 g/mol. The molecule has 0 aliphatic carbocycles. The fourth-order valence-corrected chi connectivity index (χ4v) is 4.89. The molecule has 0 bridgehead atoms. The summed E-state index contributed by atoms with van der Waals surface area (Å²) in [5, 5.41) is 14.4. The zero-order valence-corrected chi connectivity index (χ0v) is 20.0. The summed E-state index contributed by atoms with van der Waals surface area (Å²) in [7, 11) is 1.68. The molecule has 180 valence electrons. The molecule has 1 aliphatic heterocycles. The molecule has 11 heteroatoms. The molecule has 1 saturated heterocycles. The van der Waals surface area contributed by atoms with Crippen LogP contribution in [0.2, 0.25) is 5.02 Å². The number of nitrogen functional groups attached to an aromatic ring is 1. The number of aromatic nitrogens is 5. The number of hydrogen-bond donors (Lipinski definition) is 1. The number of hydrogen-bond acceptors (Lipinski definition) is 6. The van der Waals surface area contributed by atoms with Crippen LogP contribution in [0.1, 0.15) is 30.1 Å². The van der Waals surface area contributed by atoms with Crippen LogP contribution in [0.5, 0.6) is 0 Å². The lowest BCUT2D eigenvalue weighted by molar-refractivity contribution is -0.126. The first kappa shape index (κ1) is 23.3. The molecule has 0 saturated carbocycles. The van der Waals surface area contributed by atoms with E-state index in [1.54, 1.807) is 39.5 Å². The average Bonchev–Trinajstić information content (AvgIpc) is 3.56. The number of fused-ring (bicyclic) bond motifs is 2. The van der Waals surface area contributed by atoms with Crippen molar-refractivity contribution >= 4 is 45.3 Å². The molecule has 1 aliphatic rings. The molecule has 3 aromatic heterocycles. The number of amides is 1. The Kier molecular flexibility index (Phi) is 5.83. The lowest BCUT2D eigenvalue weighted by Gasteiger charge is -2.20. The number of nitrogens with zero attached hydrogens (tertiary/aromatic N) is 7. The van der Waals surface area contributed by atoms with Crippen molar-refractivity contribution in [3.8, 4) is 17.9 Å². The number of likely N-dealkylation sites (tertiary alicyclic amines) is 1. The van der Waals surface area contributed by atoms with Crippen LogP contribution in [0, 0.1) is 29.0 Å². The maximum atomic E-state index is 14.9. The van der Waals surface area contributed by atoms with Crippen molar-refractivity contribution in [2.45, 2.75) is 24.9 Å². The zero-order valence-electron chi connectivity index (χ0n) is 19.2. The Balaban J connectivity index is 1.60. The van der Waals surface area contributed by atoms with E-state index in [-0.39, 0.29) is 40.8 Å². The van der Waals surface area contributed by atoms with Crippen LogP contribution in [0.15, 0.2) is 37.3 Å². The van der Waals surface area contributed by atoms with Gasteiger partial charge in [0.15, 0.2) is 5.82 Å². The van der Waals surface area contributed by atoms with Crippen molar-refractivity contribution in [2.24, 2.45) is 7.05 Å². The number of nitriles is 1. The highest BCUT2D eigenvalue weighted by Crippen LogP contribution is 2.34. The van der Waals surface area contributed by atoms with Crippen molar-refractivity contribution < 1.29 is 9.18 Å². The maximum Gasteiger partial charge on any atom is 0.246 e. The summed E-state index contributed by atoms with van der Waals surface area (Å²) in [6.45, 7) is 3.92. The summed E-state index contributed by atoms with van der Waals surface area (Å²) in [4.78, 5) is 22.4. The van der Waals surface area contributed by atoms with E-state index >= 15 is 0 Å². The Morgan fingerprint density at radius 3 is 2.97 bits per heavy atom. The maximum absolute atomic E-state index is 14.9. The molecular formula is C25H20ClFN8O. The van der Waals surface area contributed by atoms with Crippen LogP contribution >= 0.6 is 11.6 Å². The lowest BCUT2D eigenvalue weighted by atomic mass is 10.1. The molecule has 2 atom stereocenters. The summed E-state index contributed by atoms with van der Waals surface area (Å²) < 4.78 is 18.2. The second kappa shape index (κ2) is 8.99. The standard InChI is InChI=1S/C25H20ClFN8O/c1-3-20(36)34-12-16(11-15(34)6-8-28)35-19-7-9-30-25(29)21(19)17(32-35)5-4-14-10-18-24(23(27)22(14)26)33(2)13-31-18/h3,7,9-10,13,15-16H,1,6,11-12H2,2H3,(H2,29,30)/t15-,16?/m0/s1. The molecule has 1 aromatic carbocycles. The Bertz CT molecular complexity index is 1650. The normalized spacial score (nSPS) is 17.2. The minimum atomic E-state index is -0.600. The second-order valence-corrected chi connectivity index (χ2v) is 8.89. The fraction of sp³-hybridized carbons (Fsp3) is 0.240. The molecule has 1 unspecified atom stereocenters. The Hall–Kier alpha value is -4.41. The zero-order chi connectivity index (χ0) is 25.6. The van der Waals surface area contributed by atoms with Crippen molar-refractivity contribution in [1.29, 1.82) is 5.26 Å². The SMILES string of the molecule is C=CC(=O)N1CC(n2nc(C#Cc3cc4ncn(C)c4c(F)c3Cl)c3c(N)nccc32)C[C@@H]1CC#N. The van der Waals surface area contributed by atoms with Gasteiger partial charge in [-0.1, -0.05) is 24.1 Å². The van der Waals surface area contributed by atoms with E-state index in [0.29, 0.717) is 40.6 Å². The van der Waals surface area contributed by atoms with Crippen LogP contribution in [0.25, 0.3) is 21.9 Å². The average molecular weight is 503 g/mol. The fourth-order valence-electron chi connectivity index (χ4n) is 4.69. The van der Waals surface area contributed by atoms with Gasteiger partial charge in [-0.3, -0.25) is 9.48 Å². The highest BCUT2D eigenvalue weighted by atomic mass is 35.5. The van der Waals surface area contributed by atoms with E-state index in [9.17, 15) is 14.4 Å². The highest BCUT2D eigenvalue weighted by Gasteiger charge is 2.36. The highest BCUT2D eigenvalue weighted by molar-refractivity contribution is 6.32. The third kappa shape index (κ3) is 3.72. The van der Waals surface area contributed by atoms with Gasteiger partial charge in [0.25, 0.3) is 0 Å². The molecule has 2 N–H and O–H groups in total. The molecule has 0 spiro atoms. The van der Waals surface area contributed by atoms with E-state index < -0.39 is 5.82 Å². The number of nitrogens with two attached hydrogens (primary N) is 1. The van der Waals surface area contributed by atoms with Crippen LogP contribution < -0.4 is 5.73 Å². The molecule has 1 amide bonds. The van der Waals surface area contributed by atoms with E-state index in [4.69, 9.17) is 22.4 Å². The molecular weight excluding hydrogens is 483 g/mol. The van der Waals surface area contributed by atoms with Gasteiger partial charge in [-0.25, -0.2) is 14.4 Å². The molecule has 1 fully saturated rings. The largest absolute Gasteiger partial charge is 0.383 e. The molecule has 4 aromatic rings. The molecule has 5 rings (SSSR count). The summed E-state index contributed by atoms with van der Waals surface area (Å²) >= 11 is 6.28. The third-order valence-corrected chi connectivity index (χ3v) is 6.74. The van der Waals surface area contributed by atoms with Crippen LogP contribution in [-0.4, -0.2) is 47.7 Å². The quantitative estimate of drug-likeness (QED) is 0.339. The number of carbonyl (C=O) groups is 1. The van der Waals surface area contributed by atoms with Gasteiger partial charge in [0, 0.05) is 31.4 Å². The Morgan fingerprint density at radius 2 is 2.22 bits per heavy atom. The summed E-state index contributed by atoms with van der Waals surface area (Å²) in [5.41, 5.74) is 8.22. The van der Waals surface area contributed by atoms with Crippen molar-refractivity contribution in [3.05, 3.63) is 59.4 Å². The Labute approximate surface area is 210 Å². The van der Waals surface area contributed by atoms with Gasteiger partial charge in [-0.05, 0) is 30.6 Å². The van der Waals surface area contributed by atoms with Crippen molar-refractivity contribution in [1.82, 2.24) is 29.2 Å². The number of pyridine rings is 1. The first-order chi connectivity index (χ1) is 17.3. The second-order valence-electron chi connectivity index (χ2n) is 8.51. The predicted octanol–water partition coefficient (Wildman–Crippen LogP) is 3.33. The molecule has 0 radical (unpaired) electrons. The van der Waals surface area contributed by atoms with Gasteiger partial charge >= 0.3 is 0 Å². The number of anilines is 1. The number of halogens is 2. The van der Waals surface area contributed by atoms with Gasteiger partial charge in [-0.2, -0.15) is 10.4 Å². The first-order valence-electron chi connectivity index (χ1n) is 11.1. The Morgan fingerprint density at radius 1 is 1.42 bits per heavy atom. The molecule has 9 nitrogen and oxygen atoms in total. The van der Waals surface area contributed by atoms with Crippen LogP contribution in [-0.2, 0) is 11.8 Å². The van der Waals surface area contributed by atoms with Gasteiger partial charge in [-0.15, -0.1) is 0 Å². The van der Waals surface area contributed by atoms with Crippen molar-refractivity contribution in [3.63, 3.8) is 0 Å². The minimum Gasteiger partial charge on any atom is -0.383 e. The van der Waals surface area contributed by atoms with E-state index in [0.717, 1.165) is 0 Å². The third-order valence-electron chi connectivity index (χ3n) is 6.37. The topological polar surface area (TPSA) is 119 Å². The van der Waals surface area contributed by atoms with Crippen molar-refractivity contribution in [2.75, 3.05) is 12.3 Å². The summed E-state index contributed by atoms with van der Waals surface area (Å²) in [6.07, 6.45) is 5.05. The summed E-state index contributed by atoms with van der Waals surface area (Å²) in [5.74, 6) is 5.28. The number of aryl methyl sites for hydroxylation is 1. The van der Waals surface area contributed by atoms with E-state index in [1.165, 1.54) is 12.4 Å². The van der Waals surface area contributed by atoms with Gasteiger partial charge in [0.05, 0.1) is 46.3 Å². The van der Waals surface area contributed by atoms with Gasteiger partial charge in [0.2, 0.25) is 5.91 Å². The first-order valence-corrected chi connectivity index (χ1v) is 11.5. The summed E-state index contributed by atoms with van der Waals surface area (Å²) in [6, 6.07) is 5.07. The van der Waals surface area contributed by atoms with Crippen LogP contribution in [0.3, 0.4) is 0 Å². The lowest BCUT2D eigenvalue weighted by Crippen LogP contribution is -2.34. The predicted molar refractivity (Wildman–Crippen MR) is 133 cm³/mol. The minimum absolute atomic E-state index is 0.109. The molecule has 4 heterocycles. The van der Waals surface area contributed by atoms with E-state index in [2.05, 4.69) is 34.5 Å².